The Bertz CT molecular complexity index is 313. The van der Waals surface area contributed by atoms with Crippen LogP contribution in [0.3, 0.4) is 0 Å². The fourth-order valence-electron chi connectivity index (χ4n) is 5.09. The van der Waals surface area contributed by atoms with E-state index in [1.165, 1.54) is 38.5 Å². The van der Waals surface area contributed by atoms with Gasteiger partial charge in [0.1, 0.15) is 0 Å². The second kappa shape index (κ2) is 8.30. The summed E-state index contributed by atoms with van der Waals surface area (Å²) in [5.74, 6) is 2.17. The first-order valence-electron chi connectivity index (χ1n) is 9.46. The molecule has 1 fully saturated rings. The Balaban J connectivity index is 3.35. The van der Waals surface area contributed by atoms with E-state index in [0.29, 0.717) is 11.5 Å². The van der Waals surface area contributed by atoms with Crippen LogP contribution in [0.5, 0.6) is 0 Å². The fourth-order valence-corrected chi connectivity index (χ4v) is 10.6. The van der Waals surface area contributed by atoms with Gasteiger partial charge in [0.15, 0.2) is 0 Å². The van der Waals surface area contributed by atoms with Crippen molar-refractivity contribution in [2.75, 3.05) is 14.2 Å². The van der Waals surface area contributed by atoms with Crippen LogP contribution in [0.2, 0.25) is 10.6 Å². The quantitative estimate of drug-likeness (QED) is 0.497. The van der Waals surface area contributed by atoms with E-state index in [-0.39, 0.29) is 5.04 Å². The van der Waals surface area contributed by atoms with Gasteiger partial charge < -0.3 is 8.85 Å². The molecule has 0 aromatic carbocycles. The van der Waals surface area contributed by atoms with Gasteiger partial charge in [-0.05, 0) is 17.8 Å². The topological polar surface area (TPSA) is 18.5 Å². The van der Waals surface area contributed by atoms with Crippen LogP contribution in [-0.2, 0) is 8.85 Å². The van der Waals surface area contributed by atoms with Crippen molar-refractivity contribution in [3.8, 4) is 0 Å². The highest BCUT2D eigenvalue weighted by molar-refractivity contribution is 6.72. The van der Waals surface area contributed by atoms with Gasteiger partial charge in [-0.15, -0.1) is 0 Å². The molecule has 22 heavy (non-hydrogen) atoms. The van der Waals surface area contributed by atoms with E-state index in [0.717, 1.165) is 11.8 Å². The summed E-state index contributed by atoms with van der Waals surface area (Å²) < 4.78 is 12.8. The van der Waals surface area contributed by atoms with Crippen molar-refractivity contribution in [3.05, 3.63) is 0 Å². The van der Waals surface area contributed by atoms with Crippen molar-refractivity contribution in [1.29, 1.82) is 0 Å². The van der Waals surface area contributed by atoms with E-state index in [4.69, 9.17) is 8.85 Å². The van der Waals surface area contributed by atoms with E-state index in [1.807, 2.05) is 14.2 Å². The summed E-state index contributed by atoms with van der Waals surface area (Å²) in [7, 11) is 1.53. The predicted octanol–water partition coefficient (Wildman–Crippen LogP) is 6.15. The van der Waals surface area contributed by atoms with Crippen molar-refractivity contribution < 1.29 is 8.85 Å². The van der Waals surface area contributed by atoms with Crippen LogP contribution < -0.4 is 0 Å². The average molecular weight is 329 g/mol. The third-order valence-electron chi connectivity index (χ3n) is 7.00. The zero-order valence-corrected chi connectivity index (χ0v) is 17.4. The van der Waals surface area contributed by atoms with E-state index in [2.05, 4.69) is 41.5 Å². The Morgan fingerprint density at radius 2 is 1.45 bits per heavy atom. The van der Waals surface area contributed by atoms with Crippen molar-refractivity contribution in [3.63, 3.8) is 0 Å². The van der Waals surface area contributed by atoms with Crippen molar-refractivity contribution in [1.82, 2.24) is 0 Å². The lowest BCUT2D eigenvalue weighted by molar-refractivity contribution is 0.124. The molecule has 0 aliphatic heterocycles. The molecule has 1 aliphatic rings. The molecule has 0 amide bonds. The number of hydrogen-bond donors (Lipinski definition) is 0. The minimum absolute atomic E-state index is 0.133. The van der Waals surface area contributed by atoms with Crippen LogP contribution >= 0.6 is 0 Å². The van der Waals surface area contributed by atoms with Crippen LogP contribution in [0, 0.1) is 17.8 Å². The standard InChI is InChI=1S/C19H40O2Si/c1-9-15(4)19(5,6)22(20-7,21-8)18-16(10-2)13-12-14-17(18)11-3/h15-18H,9-14H2,1-8H3. The third kappa shape index (κ3) is 3.32. The molecule has 0 heterocycles. The summed E-state index contributed by atoms with van der Waals surface area (Å²) in [6.07, 6.45) is 7.81. The van der Waals surface area contributed by atoms with E-state index in [1.54, 1.807) is 0 Å². The molecule has 0 aromatic rings. The number of rotatable bonds is 8. The van der Waals surface area contributed by atoms with Gasteiger partial charge in [0.2, 0.25) is 0 Å². The molecule has 3 unspecified atom stereocenters. The summed E-state index contributed by atoms with van der Waals surface area (Å²) in [5, 5.41) is 0.133. The van der Waals surface area contributed by atoms with E-state index < -0.39 is 8.56 Å². The summed E-state index contributed by atoms with van der Waals surface area (Å²) in [5.41, 5.74) is 0.634. The molecule has 132 valence electrons. The summed E-state index contributed by atoms with van der Waals surface area (Å²) in [6.45, 7) is 14.2. The summed E-state index contributed by atoms with van der Waals surface area (Å²) in [4.78, 5) is 0. The third-order valence-corrected chi connectivity index (χ3v) is 12.3. The number of hydrogen-bond acceptors (Lipinski definition) is 2. The molecule has 1 saturated carbocycles. The molecular weight excluding hydrogens is 288 g/mol. The normalized spacial score (nSPS) is 28.6. The molecule has 0 N–H and O–H groups in total. The molecular formula is C19H40O2Si. The lowest BCUT2D eigenvalue weighted by Gasteiger charge is -2.54. The highest BCUT2D eigenvalue weighted by Gasteiger charge is 2.61. The van der Waals surface area contributed by atoms with E-state index in [9.17, 15) is 0 Å². The van der Waals surface area contributed by atoms with Crippen molar-refractivity contribution >= 4 is 8.56 Å². The highest BCUT2D eigenvalue weighted by Crippen LogP contribution is 2.59. The Labute approximate surface area is 140 Å². The minimum atomic E-state index is -2.32. The van der Waals surface area contributed by atoms with Crippen molar-refractivity contribution in [2.45, 2.75) is 90.6 Å². The van der Waals surface area contributed by atoms with Crippen LogP contribution in [0.1, 0.15) is 80.1 Å². The smallest absolute Gasteiger partial charge is 0.347 e. The van der Waals surface area contributed by atoms with Gasteiger partial charge in [0, 0.05) is 24.8 Å². The molecule has 0 spiro atoms. The Morgan fingerprint density at radius 1 is 1.00 bits per heavy atom. The van der Waals surface area contributed by atoms with Gasteiger partial charge in [0.25, 0.3) is 0 Å². The second-order valence-corrected chi connectivity index (χ2v) is 12.0. The summed E-state index contributed by atoms with van der Waals surface area (Å²) >= 11 is 0. The molecule has 2 nitrogen and oxygen atoms in total. The van der Waals surface area contributed by atoms with Gasteiger partial charge in [-0.2, -0.15) is 0 Å². The van der Waals surface area contributed by atoms with Crippen LogP contribution in [0.25, 0.3) is 0 Å². The maximum Gasteiger partial charge on any atom is 0.347 e. The Kier molecular flexibility index (Phi) is 7.61. The van der Waals surface area contributed by atoms with Crippen LogP contribution in [-0.4, -0.2) is 22.8 Å². The monoisotopic (exact) mass is 328 g/mol. The largest absolute Gasteiger partial charge is 0.397 e. The fraction of sp³-hybridized carbons (Fsp3) is 1.00. The molecule has 0 bridgehead atoms. The maximum absolute atomic E-state index is 6.40. The van der Waals surface area contributed by atoms with Gasteiger partial charge in [-0.3, -0.25) is 0 Å². The SMILES string of the molecule is CCC1CCCC(CC)C1[Si](OC)(OC)C(C)(C)C(C)CC. The van der Waals surface area contributed by atoms with Crippen LogP contribution in [0.4, 0.5) is 0 Å². The predicted molar refractivity (Wildman–Crippen MR) is 98.4 cm³/mol. The summed E-state index contributed by atoms with van der Waals surface area (Å²) in [6, 6.07) is 0. The van der Waals surface area contributed by atoms with E-state index >= 15 is 0 Å². The molecule has 0 aromatic heterocycles. The second-order valence-electron chi connectivity index (χ2n) is 7.90. The minimum Gasteiger partial charge on any atom is -0.397 e. The first kappa shape index (κ1) is 20.2. The Morgan fingerprint density at radius 3 is 1.77 bits per heavy atom. The van der Waals surface area contributed by atoms with Gasteiger partial charge >= 0.3 is 8.56 Å². The molecule has 0 radical (unpaired) electrons. The molecule has 1 aliphatic carbocycles. The first-order chi connectivity index (χ1) is 10.4. The van der Waals surface area contributed by atoms with Gasteiger partial charge in [-0.1, -0.05) is 80.1 Å². The lowest BCUT2D eigenvalue weighted by atomic mass is 9.78. The lowest BCUT2D eigenvalue weighted by Crippen LogP contribution is -2.60. The maximum atomic E-state index is 6.40. The first-order valence-corrected chi connectivity index (χ1v) is 11.4. The zero-order valence-electron chi connectivity index (χ0n) is 16.4. The average Bonchev–Trinajstić information content (AvgIpc) is 2.55. The van der Waals surface area contributed by atoms with Crippen molar-refractivity contribution in [2.24, 2.45) is 17.8 Å². The Hall–Kier alpha value is 0.137. The molecule has 1 rings (SSSR count). The van der Waals surface area contributed by atoms with Gasteiger partial charge in [0.05, 0.1) is 0 Å². The zero-order chi connectivity index (χ0) is 17.0. The molecule has 3 heteroatoms. The van der Waals surface area contributed by atoms with Gasteiger partial charge in [-0.25, -0.2) is 0 Å². The highest BCUT2D eigenvalue weighted by atomic mass is 28.4. The molecule has 3 atom stereocenters. The molecule has 0 saturated heterocycles. The van der Waals surface area contributed by atoms with Crippen LogP contribution in [0.15, 0.2) is 0 Å².